The number of fused-ring (bicyclic) bond motifs is 3. The van der Waals surface area contributed by atoms with Gasteiger partial charge in [0.2, 0.25) is 0 Å². The molecule has 2 aliphatic carbocycles. The van der Waals surface area contributed by atoms with Crippen LogP contribution in [0.2, 0.25) is 19.6 Å². The first-order chi connectivity index (χ1) is 35.2. The molecule has 0 N–H and O–H groups in total. The van der Waals surface area contributed by atoms with Crippen LogP contribution in [0.1, 0.15) is 68.1 Å². The van der Waals surface area contributed by atoms with Crippen LogP contribution in [0, 0.1) is 18.8 Å². The van der Waals surface area contributed by atoms with Crippen LogP contribution < -0.4 is 5.19 Å². The second-order valence-corrected chi connectivity index (χ2v) is 26.1. The minimum absolute atomic E-state index is 0. The number of furan rings is 1. The van der Waals surface area contributed by atoms with Gasteiger partial charge >= 0.3 is 0 Å². The van der Waals surface area contributed by atoms with E-state index in [0.29, 0.717) is 0 Å². The molecule has 0 unspecified atom stereocenters. The Morgan fingerprint density at radius 2 is 1.00 bits per heavy atom. The van der Waals surface area contributed by atoms with E-state index in [1.165, 1.54) is 103 Å². The van der Waals surface area contributed by atoms with Crippen LogP contribution in [0.25, 0.3) is 78.0 Å². The van der Waals surface area contributed by atoms with Gasteiger partial charge in [-0.1, -0.05) is 217 Å². The Balaban J connectivity index is 0.000000141. The number of benzene rings is 6. The van der Waals surface area contributed by atoms with E-state index in [-0.39, 0.29) is 20.1 Å². The molecule has 1 radical (unpaired) electrons. The summed E-state index contributed by atoms with van der Waals surface area (Å²) in [6.07, 6.45) is 19.9. The van der Waals surface area contributed by atoms with Gasteiger partial charge < -0.3 is 4.42 Å². The molecule has 369 valence electrons. The van der Waals surface area contributed by atoms with E-state index in [4.69, 9.17) is 14.4 Å². The molecule has 0 amide bonds. The Morgan fingerprint density at radius 1 is 0.479 bits per heavy atom. The summed E-state index contributed by atoms with van der Waals surface area (Å²) in [5, 5.41) is 3.82. The molecule has 10 aromatic rings. The van der Waals surface area contributed by atoms with Crippen LogP contribution in [-0.2, 0) is 32.9 Å². The summed E-state index contributed by atoms with van der Waals surface area (Å²) in [4.78, 5) is 14.1. The Hall–Kier alpha value is -6.56. The van der Waals surface area contributed by atoms with Crippen LogP contribution >= 0.6 is 0 Å². The Kier molecular flexibility index (Phi) is 16.9. The number of pyridine rings is 3. The standard InChI is InChI=1S/C30H21NO.C20H27NSi.C17H19N.Ir/c1-20-18-27(31-19-26(20)22-12-6-3-7-13-22)24-15-8-16-25-29-23(21-10-4-2-5-11-21)14-9-17-28(29)32-30(24)25;1-22(2,3)20-15-21-19(17-11-5-4-6-12-17)14-18(20)13-16-9-7-8-10-16;1-2-8-16(9-3-1)17-13-15(10-11-18-17)12-14-6-4-5-7-14;/h2-19H,1H3;4-6,11-12,14-16H,7-10,13H2,1-3H3;1-3,8-11,13-14H,4-7,12H2;. The number of rotatable bonds is 10. The zero-order valence-electron chi connectivity index (χ0n) is 42.9. The van der Waals surface area contributed by atoms with E-state index >= 15 is 0 Å². The smallest absolute Gasteiger partial charge is 0.144 e. The molecule has 6 heteroatoms. The number of aryl methyl sites for hydroxylation is 1. The monoisotopic (exact) mass is 1150 g/mol. The zero-order chi connectivity index (χ0) is 49.3. The third-order valence-electron chi connectivity index (χ3n) is 14.8. The van der Waals surface area contributed by atoms with Gasteiger partial charge in [-0.15, -0.1) is 0 Å². The number of nitrogens with zero attached hydrogens (tertiary/aromatic N) is 3. The normalized spacial score (nSPS) is 13.8. The Labute approximate surface area is 447 Å². The van der Waals surface area contributed by atoms with Gasteiger partial charge in [-0.25, -0.2) is 0 Å². The summed E-state index contributed by atoms with van der Waals surface area (Å²) >= 11 is 0. The fourth-order valence-corrected chi connectivity index (χ4v) is 12.7. The molecule has 0 aliphatic heterocycles. The first-order valence-electron chi connectivity index (χ1n) is 26.3. The predicted octanol–water partition coefficient (Wildman–Crippen LogP) is 17.8. The number of aromatic nitrogens is 3. The van der Waals surface area contributed by atoms with Gasteiger partial charge in [0.1, 0.15) is 11.2 Å². The van der Waals surface area contributed by atoms with Gasteiger partial charge in [0, 0.05) is 71.7 Å². The maximum Gasteiger partial charge on any atom is 0.144 e. The van der Waals surface area contributed by atoms with Gasteiger partial charge in [-0.05, 0) is 107 Å². The van der Waals surface area contributed by atoms with E-state index in [2.05, 4.69) is 195 Å². The fourth-order valence-electron chi connectivity index (χ4n) is 11.1. The molecular formula is C67H67IrN3OSi. The molecular weight excluding hydrogens is 1080 g/mol. The molecule has 0 saturated heterocycles. The third kappa shape index (κ3) is 12.4. The number of para-hydroxylation sites is 1. The van der Waals surface area contributed by atoms with Crippen molar-refractivity contribution in [3.63, 3.8) is 0 Å². The molecule has 73 heavy (non-hydrogen) atoms. The van der Waals surface area contributed by atoms with E-state index in [1.807, 2.05) is 36.7 Å². The molecule has 2 aliphatic rings. The van der Waals surface area contributed by atoms with Crippen LogP contribution in [0.5, 0.6) is 0 Å². The first-order valence-corrected chi connectivity index (χ1v) is 29.8. The Morgan fingerprint density at radius 3 is 1.59 bits per heavy atom. The molecule has 0 bridgehead atoms. The van der Waals surface area contributed by atoms with E-state index in [9.17, 15) is 0 Å². The van der Waals surface area contributed by atoms with Crippen molar-refractivity contribution in [2.24, 2.45) is 11.8 Å². The molecule has 4 aromatic heterocycles. The van der Waals surface area contributed by atoms with Crippen LogP contribution in [0.4, 0.5) is 0 Å². The molecule has 0 atom stereocenters. The average Bonchev–Trinajstić information content (AvgIpc) is 4.23. The summed E-state index contributed by atoms with van der Waals surface area (Å²) in [6.45, 7) is 9.44. The second kappa shape index (κ2) is 24.0. The molecule has 0 spiro atoms. The van der Waals surface area contributed by atoms with Crippen molar-refractivity contribution in [2.45, 2.75) is 90.8 Å². The van der Waals surface area contributed by atoms with Crippen molar-refractivity contribution in [1.29, 1.82) is 0 Å². The van der Waals surface area contributed by atoms with Gasteiger partial charge in [-0.3, -0.25) is 15.0 Å². The van der Waals surface area contributed by atoms with Gasteiger partial charge in [-0.2, -0.15) is 0 Å². The molecule has 2 saturated carbocycles. The number of hydrogen-bond donors (Lipinski definition) is 0. The second-order valence-electron chi connectivity index (χ2n) is 21.0. The first kappa shape index (κ1) is 51.3. The largest absolute Gasteiger partial charge is 0.455 e. The Bertz CT molecular complexity index is 3360. The summed E-state index contributed by atoms with van der Waals surface area (Å²) in [6, 6.07) is 63.5. The summed E-state index contributed by atoms with van der Waals surface area (Å²) in [7, 11) is -1.34. The topological polar surface area (TPSA) is 51.8 Å². The molecule has 12 rings (SSSR count). The van der Waals surface area contributed by atoms with Crippen molar-refractivity contribution >= 4 is 35.2 Å². The summed E-state index contributed by atoms with van der Waals surface area (Å²) < 4.78 is 6.41. The van der Waals surface area contributed by atoms with Crippen molar-refractivity contribution in [2.75, 3.05) is 0 Å². The molecule has 6 aromatic carbocycles. The molecule has 4 nitrogen and oxygen atoms in total. The summed E-state index contributed by atoms with van der Waals surface area (Å²) in [5.41, 5.74) is 17.3. The van der Waals surface area contributed by atoms with E-state index in [0.717, 1.165) is 62.0 Å². The van der Waals surface area contributed by atoms with Crippen LogP contribution in [0.15, 0.2) is 205 Å². The molecule has 2 fully saturated rings. The van der Waals surface area contributed by atoms with Gasteiger partial charge in [0.15, 0.2) is 0 Å². The minimum atomic E-state index is -1.34. The number of hydrogen-bond acceptors (Lipinski definition) is 4. The summed E-state index contributed by atoms with van der Waals surface area (Å²) in [5.74, 6) is 1.79. The van der Waals surface area contributed by atoms with Crippen LogP contribution in [-0.4, -0.2) is 23.0 Å². The third-order valence-corrected chi connectivity index (χ3v) is 16.9. The average molecular weight is 1150 g/mol. The van der Waals surface area contributed by atoms with E-state index in [1.54, 1.807) is 10.8 Å². The van der Waals surface area contributed by atoms with Crippen molar-refractivity contribution < 1.29 is 24.5 Å². The van der Waals surface area contributed by atoms with Gasteiger partial charge in [0.05, 0.1) is 25.2 Å². The van der Waals surface area contributed by atoms with Gasteiger partial charge in [0.25, 0.3) is 0 Å². The SMILES string of the molecule is C[Si](C)(C)c1cnc(-c2ccccc2)cc1CC1CCCC1.Cc1cc(-c2cccc3c2oc2cccc(-c4ccccc4)c23)ncc1-c1ccccc1.[Ir].c1ccc(-c2cc(CC3CCCC3)ccn2)cc1. The minimum Gasteiger partial charge on any atom is -0.455 e. The van der Waals surface area contributed by atoms with Crippen molar-refractivity contribution in [1.82, 2.24) is 15.0 Å². The zero-order valence-corrected chi connectivity index (χ0v) is 46.3. The fraction of sp³-hybridized carbons (Fsp3) is 0.239. The predicted molar refractivity (Wildman–Crippen MR) is 306 cm³/mol. The van der Waals surface area contributed by atoms with Crippen LogP contribution in [0.3, 0.4) is 0 Å². The maximum absolute atomic E-state index is 6.41. The van der Waals surface area contributed by atoms with Crippen molar-refractivity contribution in [3.05, 3.63) is 217 Å². The molecule has 4 heterocycles. The quantitative estimate of drug-likeness (QED) is 0.128. The van der Waals surface area contributed by atoms with Crippen molar-refractivity contribution in [3.8, 4) is 56.0 Å². The van der Waals surface area contributed by atoms with E-state index < -0.39 is 8.07 Å². The maximum atomic E-state index is 6.41.